The van der Waals surface area contributed by atoms with Crippen LogP contribution in [0, 0.1) is 24.1 Å². The highest BCUT2D eigenvalue weighted by atomic mass is 35.5. The van der Waals surface area contributed by atoms with Gasteiger partial charge in [-0.1, -0.05) is 43.6 Å². The molecular weight excluding hydrogens is 443 g/mol. The fourth-order valence-corrected chi connectivity index (χ4v) is 3.56. The van der Waals surface area contributed by atoms with Crippen LogP contribution in [-0.2, 0) is 11.2 Å². The van der Waals surface area contributed by atoms with Crippen molar-refractivity contribution in [2.45, 2.75) is 39.5 Å². The zero-order valence-corrected chi connectivity index (χ0v) is 19.5. The molecule has 33 heavy (non-hydrogen) atoms. The lowest BCUT2D eigenvalue weighted by Crippen LogP contribution is -2.11. The number of nitriles is 1. The molecule has 0 aliphatic rings. The van der Waals surface area contributed by atoms with Gasteiger partial charge >= 0.3 is 0 Å². The van der Waals surface area contributed by atoms with Crippen LogP contribution in [0.5, 0.6) is 0 Å². The van der Waals surface area contributed by atoms with E-state index in [1.807, 2.05) is 44.2 Å². The number of nitrogens with one attached hydrogen (secondary N) is 1. The quantitative estimate of drug-likeness (QED) is 0.472. The Morgan fingerprint density at radius 1 is 1.18 bits per heavy atom. The molecule has 0 radical (unpaired) electrons. The number of H-pyrrole nitrogens is 1. The third-order valence-electron chi connectivity index (χ3n) is 5.03. The van der Waals surface area contributed by atoms with Crippen molar-refractivity contribution in [2.75, 3.05) is 0 Å². The van der Waals surface area contributed by atoms with E-state index >= 15 is 0 Å². The van der Waals surface area contributed by atoms with Crippen molar-refractivity contribution in [1.82, 2.24) is 4.98 Å². The number of aryl methyl sites for hydroxylation is 2. The minimum absolute atomic E-state index is 0.117. The zero-order valence-electron chi connectivity index (χ0n) is 18.7. The maximum Gasteiger partial charge on any atom is 0.250 e. The van der Waals surface area contributed by atoms with Gasteiger partial charge in [0.25, 0.3) is 5.91 Å². The Hall–Kier alpha value is -3.63. The first-order valence-corrected chi connectivity index (χ1v) is 10.7. The van der Waals surface area contributed by atoms with Crippen molar-refractivity contribution in [3.8, 4) is 17.2 Å². The molecule has 0 aliphatic carbocycles. The van der Waals surface area contributed by atoms with Crippen LogP contribution in [0.1, 0.15) is 58.9 Å². The first-order chi connectivity index (χ1) is 15.5. The van der Waals surface area contributed by atoms with Gasteiger partial charge in [-0.3, -0.25) is 9.59 Å². The first-order valence-electron chi connectivity index (χ1n) is 10.3. The largest absolute Gasteiger partial charge is 0.370 e. The van der Waals surface area contributed by atoms with Gasteiger partial charge in [0.1, 0.15) is 17.6 Å². The number of hydrogen-bond donors (Lipinski definition) is 3. The normalized spacial score (nSPS) is 10.3. The van der Waals surface area contributed by atoms with Gasteiger partial charge in [0.15, 0.2) is 0 Å². The molecule has 1 heterocycles. The molecule has 0 fully saturated rings. The van der Waals surface area contributed by atoms with E-state index < -0.39 is 11.7 Å². The molecule has 8 heteroatoms. The van der Waals surface area contributed by atoms with Gasteiger partial charge in [-0.05, 0) is 54.2 Å². The Labute approximate surface area is 197 Å². The summed E-state index contributed by atoms with van der Waals surface area (Å²) in [5.41, 5.74) is 13.6. The molecule has 3 rings (SSSR count). The maximum absolute atomic E-state index is 14.5. The van der Waals surface area contributed by atoms with Crippen molar-refractivity contribution < 1.29 is 14.0 Å². The molecule has 3 aromatic rings. The number of halogens is 2. The Morgan fingerprint density at radius 3 is 2.39 bits per heavy atom. The van der Waals surface area contributed by atoms with Crippen molar-refractivity contribution in [3.63, 3.8) is 0 Å². The molecule has 172 valence electrons. The first kappa shape index (κ1) is 25.6. The molecule has 5 N–H and O–H groups in total. The Morgan fingerprint density at radius 2 is 1.88 bits per heavy atom. The summed E-state index contributed by atoms with van der Waals surface area (Å²) in [5.74, 6) is -1.26. The van der Waals surface area contributed by atoms with E-state index in [0.717, 1.165) is 11.1 Å². The highest BCUT2D eigenvalue weighted by Gasteiger charge is 2.22. The van der Waals surface area contributed by atoms with E-state index in [0.29, 0.717) is 23.4 Å². The van der Waals surface area contributed by atoms with E-state index in [2.05, 4.69) is 4.98 Å². The van der Waals surface area contributed by atoms with Gasteiger partial charge in [-0.15, -0.1) is 0 Å². The number of carbonyl (C=O) groups is 2. The number of amides is 2. The van der Waals surface area contributed by atoms with Gasteiger partial charge in [0.2, 0.25) is 5.91 Å². The number of nitrogens with zero attached hydrogens (tertiary/aromatic N) is 1. The fourth-order valence-electron chi connectivity index (χ4n) is 3.35. The third-order valence-corrected chi connectivity index (χ3v) is 5.27. The number of rotatable bonds is 6. The molecule has 2 aromatic carbocycles. The highest BCUT2D eigenvalue weighted by molar-refractivity contribution is 6.30. The molecule has 0 aliphatic heterocycles. The molecule has 0 saturated carbocycles. The second-order valence-corrected chi connectivity index (χ2v) is 8.31. The van der Waals surface area contributed by atoms with Gasteiger partial charge in [-0.25, -0.2) is 4.39 Å². The lowest BCUT2D eigenvalue weighted by atomic mass is 9.92. The van der Waals surface area contributed by atoms with Crippen LogP contribution < -0.4 is 11.5 Å². The second kappa shape index (κ2) is 11.3. The molecule has 0 bridgehead atoms. The van der Waals surface area contributed by atoms with E-state index in [-0.39, 0.29) is 34.2 Å². The predicted molar refractivity (Wildman–Crippen MR) is 127 cm³/mol. The highest BCUT2D eigenvalue weighted by Crippen LogP contribution is 2.34. The molecule has 2 amide bonds. The van der Waals surface area contributed by atoms with E-state index in [4.69, 9.17) is 28.3 Å². The number of primary amides is 2. The van der Waals surface area contributed by atoms with Crippen LogP contribution in [0.15, 0.2) is 42.6 Å². The molecule has 6 nitrogen and oxygen atoms in total. The van der Waals surface area contributed by atoms with E-state index in [9.17, 15) is 14.0 Å². The number of aromatic amines is 1. The average Bonchev–Trinajstić information content (AvgIpc) is 3.16. The summed E-state index contributed by atoms with van der Waals surface area (Å²) < 4.78 is 14.5. The SMILES string of the molecule is Cc1cc(C(C)C)cc(F)c1-c1c(C(N)=O)c[nH]c1C#N.NC(=O)CCc1cccc(Cl)c1. The fraction of sp³-hybridized carbons (Fsp3) is 0.240. The number of hydrogen-bond acceptors (Lipinski definition) is 3. The van der Waals surface area contributed by atoms with E-state index in [1.54, 1.807) is 13.0 Å². The summed E-state index contributed by atoms with van der Waals surface area (Å²) in [7, 11) is 0. The standard InChI is InChI=1S/C16H16FN3O.C9H10ClNO/c1-8(2)10-4-9(3)14(12(17)5-10)15-11(16(19)21)7-20-13(15)6-18;10-8-3-1-2-7(6-8)4-5-9(11)12/h4-5,7-8,20H,1-3H3,(H2,19,21);1-3,6H,4-5H2,(H2,11,12). The van der Waals surface area contributed by atoms with Crippen molar-refractivity contribution in [1.29, 1.82) is 5.26 Å². The summed E-state index contributed by atoms with van der Waals surface area (Å²) in [6, 6.07) is 12.7. The average molecular weight is 469 g/mol. The van der Waals surface area contributed by atoms with Gasteiger partial charge < -0.3 is 16.5 Å². The minimum Gasteiger partial charge on any atom is -0.370 e. The monoisotopic (exact) mass is 468 g/mol. The van der Waals surface area contributed by atoms with Crippen molar-refractivity contribution in [2.24, 2.45) is 11.5 Å². The number of nitrogens with two attached hydrogens (primary N) is 2. The topological polar surface area (TPSA) is 126 Å². The Bertz CT molecular complexity index is 1190. The number of aromatic nitrogens is 1. The molecule has 0 spiro atoms. The summed E-state index contributed by atoms with van der Waals surface area (Å²) in [6.45, 7) is 5.70. The maximum atomic E-state index is 14.5. The van der Waals surface area contributed by atoms with Crippen molar-refractivity contribution in [3.05, 3.63) is 81.4 Å². The number of benzene rings is 2. The number of carbonyl (C=O) groups excluding carboxylic acids is 2. The molecule has 0 saturated heterocycles. The van der Waals surface area contributed by atoms with Crippen LogP contribution in [-0.4, -0.2) is 16.8 Å². The van der Waals surface area contributed by atoms with Crippen LogP contribution in [0.25, 0.3) is 11.1 Å². The molecule has 1 aromatic heterocycles. The molecular formula is C25H26ClFN4O2. The lowest BCUT2D eigenvalue weighted by molar-refractivity contribution is -0.117. The van der Waals surface area contributed by atoms with Gasteiger partial charge in [0, 0.05) is 28.8 Å². The zero-order chi connectivity index (χ0) is 24.7. The van der Waals surface area contributed by atoms with Crippen LogP contribution in [0.4, 0.5) is 4.39 Å². The second-order valence-electron chi connectivity index (χ2n) is 7.87. The van der Waals surface area contributed by atoms with Crippen molar-refractivity contribution >= 4 is 23.4 Å². The van der Waals surface area contributed by atoms with Gasteiger partial charge in [-0.2, -0.15) is 5.26 Å². The van der Waals surface area contributed by atoms with Crippen LogP contribution >= 0.6 is 11.6 Å². The Kier molecular flexibility index (Phi) is 8.78. The molecule has 0 unspecified atom stereocenters. The van der Waals surface area contributed by atoms with E-state index in [1.165, 1.54) is 12.3 Å². The predicted octanol–water partition coefficient (Wildman–Crippen LogP) is 4.98. The summed E-state index contributed by atoms with van der Waals surface area (Å²) in [4.78, 5) is 24.6. The summed E-state index contributed by atoms with van der Waals surface area (Å²) in [6.07, 6.45) is 2.38. The summed E-state index contributed by atoms with van der Waals surface area (Å²) >= 11 is 5.74. The third kappa shape index (κ3) is 6.67. The Balaban J connectivity index is 0.000000273. The lowest BCUT2D eigenvalue weighted by Gasteiger charge is -2.13. The summed E-state index contributed by atoms with van der Waals surface area (Å²) in [5, 5.41) is 9.84. The van der Waals surface area contributed by atoms with Crippen LogP contribution in [0.2, 0.25) is 5.02 Å². The van der Waals surface area contributed by atoms with Crippen LogP contribution in [0.3, 0.4) is 0 Å². The smallest absolute Gasteiger partial charge is 0.250 e. The minimum atomic E-state index is -0.700. The molecule has 0 atom stereocenters. The van der Waals surface area contributed by atoms with Gasteiger partial charge in [0.05, 0.1) is 5.56 Å².